The van der Waals surface area contributed by atoms with Crippen LogP contribution in [-0.2, 0) is 11.4 Å². The molecule has 0 radical (unpaired) electrons. The van der Waals surface area contributed by atoms with Crippen LogP contribution < -0.4 is 14.2 Å². The predicted molar refractivity (Wildman–Crippen MR) is 126 cm³/mol. The van der Waals surface area contributed by atoms with Gasteiger partial charge >= 0.3 is 5.97 Å². The van der Waals surface area contributed by atoms with Crippen molar-refractivity contribution < 1.29 is 24.1 Å². The maximum Gasteiger partial charge on any atom is 0.320 e. The largest absolute Gasteiger partial charge is 0.497 e. The van der Waals surface area contributed by atoms with Crippen LogP contribution in [0, 0.1) is 0 Å². The summed E-state index contributed by atoms with van der Waals surface area (Å²) >= 11 is 0. The van der Waals surface area contributed by atoms with Gasteiger partial charge in [0, 0.05) is 6.54 Å². The molecule has 0 aliphatic carbocycles. The molecule has 1 fully saturated rings. The molecule has 2 unspecified atom stereocenters. The minimum absolute atomic E-state index is 0.225. The number of rotatable bonds is 9. The molecule has 33 heavy (non-hydrogen) atoms. The highest BCUT2D eigenvalue weighted by Crippen LogP contribution is 2.39. The van der Waals surface area contributed by atoms with Crippen molar-refractivity contribution in [2.45, 2.75) is 31.5 Å². The van der Waals surface area contributed by atoms with E-state index < -0.39 is 12.0 Å². The molecular formula is C27H29NO5. The van der Waals surface area contributed by atoms with E-state index in [1.54, 1.807) is 14.2 Å². The number of nitrogens with zero attached hydrogens (tertiary/aromatic N) is 1. The first-order valence-electron chi connectivity index (χ1n) is 11.1. The lowest BCUT2D eigenvalue weighted by molar-refractivity contribution is -0.142. The molecular weight excluding hydrogens is 418 g/mol. The molecule has 0 amide bonds. The number of ether oxygens (including phenoxy) is 3. The Kier molecular flexibility index (Phi) is 7.15. The van der Waals surface area contributed by atoms with E-state index in [4.69, 9.17) is 14.2 Å². The smallest absolute Gasteiger partial charge is 0.320 e. The van der Waals surface area contributed by atoms with Crippen LogP contribution in [0.15, 0.2) is 72.8 Å². The number of likely N-dealkylation sites (tertiary alicyclic amines) is 1. The van der Waals surface area contributed by atoms with Gasteiger partial charge in [0.15, 0.2) is 11.5 Å². The van der Waals surface area contributed by atoms with Crippen LogP contribution in [0.25, 0.3) is 0 Å². The van der Waals surface area contributed by atoms with Gasteiger partial charge in [-0.25, -0.2) is 0 Å². The molecule has 1 aliphatic heterocycles. The van der Waals surface area contributed by atoms with E-state index in [-0.39, 0.29) is 6.04 Å². The summed E-state index contributed by atoms with van der Waals surface area (Å²) < 4.78 is 17.0. The Hall–Kier alpha value is -3.51. The van der Waals surface area contributed by atoms with Crippen LogP contribution in [0.5, 0.6) is 17.2 Å². The molecule has 1 saturated heterocycles. The summed E-state index contributed by atoms with van der Waals surface area (Å²) in [4.78, 5) is 14.0. The second kappa shape index (κ2) is 10.4. The second-order valence-electron chi connectivity index (χ2n) is 8.09. The fourth-order valence-corrected chi connectivity index (χ4v) is 4.43. The van der Waals surface area contributed by atoms with Crippen LogP contribution in [0.1, 0.15) is 35.6 Å². The zero-order valence-electron chi connectivity index (χ0n) is 18.9. The molecule has 0 saturated carbocycles. The van der Waals surface area contributed by atoms with E-state index in [1.807, 2.05) is 72.8 Å². The Morgan fingerprint density at radius 2 is 1.70 bits per heavy atom. The highest BCUT2D eigenvalue weighted by atomic mass is 16.5. The van der Waals surface area contributed by atoms with Crippen LogP contribution in [-0.4, -0.2) is 42.8 Å². The highest BCUT2D eigenvalue weighted by Gasteiger charge is 2.37. The molecule has 3 aromatic rings. The van der Waals surface area contributed by atoms with E-state index in [1.165, 1.54) is 0 Å². The Morgan fingerprint density at radius 3 is 2.36 bits per heavy atom. The van der Waals surface area contributed by atoms with Crippen molar-refractivity contribution in [3.8, 4) is 17.2 Å². The molecule has 3 aromatic carbocycles. The van der Waals surface area contributed by atoms with Gasteiger partial charge in [0.2, 0.25) is 0 Å². The van der Waals surface area contributed by atoms with E-state index in [2.05, 4.69) is 4.90 Å². The van der Waals surface area contributed by atoms with Crippen molar-refractivity contribution in [3.05, 3.63) is 89.5 Å². The fourth-order valence-electron chi connectivity index (χ4n) is 4.43. The molecule has 1 aliphatic rings. The number of hydrogen-bond acceptors (Lipinski definition) is 5. The third kappa shape index (κ3) is 5.12. The number of aliphatic carboxylic acids is 1. The molecule has 0 aromatic heterocycles. The van der Waals surface area contributed by atoms with Gasteiger partial charge in [0.05, 0.1) is 20.3 Å². The minimum atomic E-state index is -0.791. The zero-order chi connectivity index (χ0) is 23.2. The average molecular weight is 448 g/mol. The van der Waals surface area contributed by atoms with E-state index in [0.717, 1.165) is 28.9 Å². The lowest BCUT2D eigenvalue weighted by atomic mass is 9.95. The number of carboxylic acid groups (broad SMARTS) is 1. The SMILES string of the molecule is COc1ccc(C(c2ccc(OCc3ccccc3)c(OC)c2)N2CCCC2C(=O)O)cc1. The molecule has 1 heterocycles. The molecule has 6 heteroatoms. The number of hydrogen-bond donors (Lipinski definition) is 1. The van der Waals surface area contributed by atoms with Gasteiger partial charge in [-0.1, -0.05) is 48.5 Å². The first-order chi connectivity index (χ1) is 16.1. The third-order valence-electron chi connectivity index (χ3n) is 6.08. The first kappa shape index (κ1) is 22.7. The number of carboxylic acids is 1. The van der Waals surface area contributed by atoms with Crippen molar-refractivity contribution in [1.82, 2.24) is 4.90 Å². The van der Waals surface area contributed by atoms with Gasteiger partial charge in [0.1, 0.15) is 18.4 Å². The maximum absolute atomic E-state index is 12.0. The predicted octanol–water partition coefficient (Wildman–Crippen LogP) is 4.92. The maximum atomic E-state index is 12.0. The first-order valence-corrected chi connectivity index (χ1v) is 11.1. The van der Waals surface area contributed by atoms with E-state index >= 15 is 0 Å². The van der Waals surface area contributed by atoms with Gasteiger partial charge in [0.25, 0.3) is 0 Å². The topological polar surface area (TPSA) is 68.2 Å². The Labute approximate surface area is 194 Å². The van der Waals surface area contributed by atoms with E-state index in [0.29, 0.717) is 31.1 Å². The van der Waals surface area contributed by atoms with E-state index in [9.17, 15) is 9.90 Å². The monoisotopic (exact) mass is 447 g/mol. The number of methoxy groups -OCH3 is 2. The van der Waals surface area contributed by atoms with Crippen LogP contribution in [0.4, 0.5) is 0 Å². The summed E-state index contributed by atoms with van der Waals surface area (Å²) in [5.41, 5.74) is 3.03. The zero-order valence-corrected chi connectivity index (χ0v) is 18.9. The lowest BCUT2D eigenvalue weighted by Crippen LogP contribution is -2.39. The fraction of sp³-hybridized carbons (Fsp3) is 0.296. The Bertz CT molecular complexity index is 1070. The quantitative estimate of drug-likeness (QED) is 0.502. The second-order valence-corrected chi connectivity index (χ2v) is 8.09. The standard InChI is InChI=1S/C27H29NO5/c1-31-22-13-10-20(11-14-22)26(28-16-6-9-23(28)27(29)30)21-12-15-24(25(17-21)32-2)33-18-19-7-4-3-5-8-19/h3-5,7-8,10-15,17,23,26H,6,9,16,18H2,1-2H3,(H,29,30). The lowest BCUT2D eigenvalue weighted by Gasteiger charge is -2.32. The van der Waals surface area contributed by atoms with Crippen molar-refractivity contribution in [2.24, 2.45) is 0 Å². The highest BCUT2D eigenvalue weighted by molar-refractivity contribution is 5.74. The van der Waals surface area contributed by atoms with Gasteiger partial charge in [-0.2, -0.15) is 0 Å². The molecule has 0 bridgehead atoms. The molecule has 6 nitrogen and oxygen atoms in total. The van der Waals surface area contributed by atoms with Gasteiger partial charge in [-0.15, -0.1) is 0 Å². The van der Waals surface area contributed by atoms with Crippen molar-refractivity contribution in [3.63, 3.8) is 0 Å². The van der Waals surface area contributed by atoms with Crippen LogP contribution in [0.3, 0.4) is 0 Å². The Balaban J connectivity index is 1.67. The Morgan fingerprint density at radius 1 is 0.970 bits per heavy atom. The summed E-state index contributed by atoms with van der Waals surface area (Å²) in [6.07, 6.45) is 1.48. The van der Waals surface area contributed by atoms with Crippen molar-refractivity contribution >= 4 is 5.97 Å². The van der Waals surface area contributed by atoms with Crippen LogP contribution in [0.2, 0.25) is 0 Å². The summed E-state index contributed by atoms with van der Waals surface area (Å²) in [6, 6.07) is 22.8. The number of carbonyl (C=O) groups is 1. The van der Waals surface area contributed by atoms with Crippen molar-refractivity contribution in [1.29, 1.82) is 0 Å². The normalized spacial score (nSPS) is 16.8. The molecule has 2 atom stereocenters. The summed E-state index contributed by atoms with van der Waals surface area (Å²) in [5.74, 6) is 1.24. The van der Waals surface area contributed by atoms with Crippen molar-refractivity contribution in [2.75, 3.05) is 20.8 Å². The summed E-state index contributed by atoms with van der Waals surface area (Å²) in [5, 5.41) is 9.83. The third-order valence-corrected chi connectivity index (χ3v) is 6.08. The average Bonchev–Trinajstić information content (AvgIpc) is 3.34. The number of benzene rings is 3. The minimum Gasteiger partial charge on any atom is -0.497 e. The van der Waals surface area contributed by atoms with Crippen LogP contribution >= 0.6 is 0 Å². The summed E-state index contributed by atoms with van der Waals surface area (Å²) in [7, 11) is 3.25. The molecule has 0 spiro atoms. The van der Waals surface area contributed by atoms with Gasteiger partial charge < -0.3 is 19.3 Å². The molecule has 1 N–H and O–H groups in total. The molecule has 172 valence electrons. The van der Waals surface area contributed by atoms with Gasteiger partial charge in [-0.3, -0.25) is 9.69 Å². The summed E-state index contributed by atoms with van der Waals surface area (Å²) in [6.45, 7) is 1.15. The van der Waals surface area contributed by atoms with Gasteiger partial charge in [-0.05, 0) is 53.8 Å². The molecule has 4 rings (SSSR count).